The van der Waals surface area contributed by atoms with E-state index in [1.807, 2.05) is 43.3 Å². The van der Waals surface area contributed by atoms with E-state index in [1.165, 1.54) is 11.6 Å². The molecule has 1 unspecified atom stereocenters. The fourth-order valence-corrected chi connectivity index (χ4v) is 3.18. The van der Waals surface area contributed by atoms with Crippen molar-refractivity contribution < 1.29 is 9.13 Å². The van der Waals surface area contributed by atoms with Crippen molar-refractivity contribution in [3.63, 3.8) is 0 Å². The third kappa shape index (κ3) is 6.07. The summed E-state index contributed by atoms with van der Waals surface area (Å²) in [5.41, 5.74) is 2.95. The zero-order valence-electron chi connectivity index (χ0n) is 16.5. The summed E-state index contributed by atoms with van der Waals surface area (Å²) in [5, 5.41) is 6.58. The third-order valence-corrected chi connectivity index (χ3v) is 4.49. The Morgan fingerprint density at radius 2 is 2.00 bits per heavy atom. The molecular weight excluding hydrogens is 470 g/mol. The van der Waals surface area contributed by atoms with Crippen molar-refractivity contribution in [3.05, 3.63) is 65.0 Å². The Bertz CT molecular complexity index is 788. The van der Waals surface area contributed by atoms with Gasteiger partial charge in [0.25, 0.3) is 0 Å². The lowest BCUT2D eigenvalue weighted by Crippen LogP contribution is -2.41. The van der Waals surface area contributed by atoms with Crippen molar-refractivity contribution in [1.29, 1.82) is 0 Å². The lowest BCUT2D eigenvalue weighted by Gasteiger charge is -2.16. The standard InChI is InChI=1S/C21H27FN4O.HI/c1-23-21(25-13-18-11-16-6-4-5-7-20(16)27-18)24-12-15-8-9-19(22)17(10-15)14-26(2)3;/h4-10,18H,11-14H2,1-3H3,(H2,23,24,25);1H. The van der Waals surface area contributed by atoms with Gasteiger partial charge in [-0.05, 0) is 43.4 Å². The predicted octanol–water partition coefficient (Wildman–Crippen LogP) is 3.17. The van der Waals surface area contributed by atoms with Gasteiger partial charge in [-0.1, -0.05) is 24.3 Å². The van der Waals surface area contributed by atoms with Crippen LogP contribution in [0.3, 0.4) is 0 Å². The zero-order chi connectivity index (χ0) is 19.2. The number of ether oxygens (including phenoxy) is 1. The van der Waals surface area contributed by atoms with E-state index < -0.39 is 0 Å². The molecule has 0 fully saturated rings. The Labute approximate surface area is 183 Å². The minimum Gasteiger partial charge on any atom is -0.488 e. The predicted molar refractivity (Wildman–Crippen MR) is 122 cm³/mol. The summed E-state index contributed by atoms with van der Waals surface area (Å²) < 4.78 is 19.8. The number of para-hydroxylation sites is 1. The maximum atomic E-state index is 13.9. The summed E-state index contributed by atoms with van der Waals surface area (Å²) in [6.45, 7) is 1.82. The van der Waals surface area contributed by atoms with Gasteiger partial charge in [0.15, 0.2) is 5.96 Å². The number of aliphatic imine (C=N–C) groups is 1. The van der Waals surface area contributed by atoms with Crippen LogP contribution in [-0.4, -0.2) is 44.7 Å². The first-order valence-corrected chi connectivity index (χ1v) is 9.16. The van der Waals surface area contributed by atoms with Crippen LogP contribution >= 0.6 is 24.0 Å². The number of hydrogen-bond donors (Lipinski definition) is 2. The molecule has 1 heterocycles. The van der Waals surface area contributed by atoms with Crippen LogP contribution in [0, 0.1) is 5.82 Å². The molecule has 0 spiro atoms. The normalized spacial score (nSPS) is 15.6. The van der Waals surface area contributed by atoms with Gasteiger partial charge in [0, 0.05) is 32.1 Å². The van der Waals surface area contributed by atoms with E-state index >= 15 is 0 Å². The van der Waals surface area contributed by atoms with E-state index in [1.54, 1.807) is 13.1 Å². The highest BCUT2D eigenvalue weighted by molar-refractivity contribution is 14.0. The van der Waals surface area contributed by atoms with E-state index in [-0.39, 0.29) is 35.9 Å². The Morgan fingerprint density at radius 1 is 1.21 bits per heavy atom. The molecule has 0 saturated carbocycles. The molecule has 1 aliphatic rings. The van der Waals surface area contributed by atoms with Crippen molar-refractivity contribution >= 4 is 29.9 Å². The van der Waals surface area contributed by atoms with Gasteiger partial charge in [0.2, 0.25) is 0 Å². The van der Waals surface area contributed by atoms with Crippen LogP contribution < -0.4 is 15.4 Å². The smallest absolute Gasteiger partial charge is 0.191 e. The highest BCUT2D eigenvalue weighted by atomic mass is 127. The second-order valence-electron chi connectivity index (χ2n) is 7.02. The Hall–Kier alpha value is -1.87. The number of rotatable bonds is 6. The number of nitrogens with zero attached hydrogens (tertiary/aromatic N) is 2. The molecule has 3 rings (SSSR count). The van der Waals surface area contributed by atoms with Crippen LogP contribution in [0.15, 0.2) is 47.5 Å². The fourth-order valence-electron chi connectivity index (χ4n) is 3.18. The van der Waals surface area contributed by atoms with Crippen molar-refractivity contribution in [1.82, 2.24) is 15.5 Å². The van der Waals surface area contributed by atoms with Crippen molar-refractivity contribution in [2.75, 3.05) is 27.7 Å². The molecule has 0 radical (unpaired) electrons. The average molecular weight is 498 g/mol. The van der Waals surface area contributed by atoms with Crippen LogP contribution in [0.2, 0.25) is 0 Å². The van der Waals surface area contributed by atoms with Gasteiger partial charge in [0.05, 0.1) is 6.54 Å². The molecule has 0 aromatic heterocycles. The summed E-state index contributed by atoms with van der Waals surface area (Å²) in [6, 6.07) is 13.3. The van der Waals surface area contributed by atoms with Crippen LogP contribution in [0.4, 0.5) is 4.39 Å². The molecule has 0 saturated heterocycles. The molecule has 152 valence electrons. The number of guanidine groups is 1. The van der Waals surface area contributed by atoms with Crippen LogP contribution in [0.25, 0.3) is 0 Å². The molecular formula is C21H28FIN4O. The third-order valence-electron chi connectivity index (χ3n) is 4.49. The topological polar surface area (TPSA) is 48.9 Å². The molecule has 1 atom stereocenters. The molecule has 2 aromatic carbocycles. The molecule has 0 bridgehead atoms. The maximum Gasteiger partial charge on any atom is 0.191 e. The second-order valence-corrected chi connectivity index (χ2v) is 7.02. The monoisotopic (exact) mass is 498 g/mol. The van der Waals surface area contributed by atoms with Crippen LogP contribution in [0.1, 0.15) is 16.7 Å². The van der Waals surface area contributed by atoms with Gasteiger partial charge in [0.1, 0.15) is 17.7 Å². The van der Waals surface area contributed by atoms with Gasteiger partial charge in [-0.25, -0.2) is 4.39 Å². The van der Waals surface area contributed by atoms with Gasteiger partial charge in [-0.2, -0.15) is 0 Å². The lowest BCUT2D eigenvalue weighted by atomic mass is 10.1. The first kappa shape index (κ1) is 22.4. The summed E-state index contributed by atoms with van der Waals surface area (Å²) in [6.07, 6.45) is 0.991. The lowest BCUT2D eigenvalue weighted by molar-refractivity contribution is 0.235. The van der Waals surface area contributed by atoms with E-state index in [4.69, 9.17) is 4.74 Å². The Kier molecular flexibility index (Phi) is 8.50. The molecule has 2 aromatic rings. The maximum absolute atomic E-state index is 13.9. The first-order valence-electron chi connectivity index (χ1n) is 9.16. The highest BCUT2D eigenvalue weighted by Crippen LogP contribution is 2.27. The van der Waals surface area contributed by atoms with Gasteiger partial charge < -0.3 is 20.3 Å². The average Bonchev–Trinajstić information content (AvgIpc) is 3.07. The minimum absolute atomic E-state index is 0. The molecule has 28 heavy (non-hydrogen) atoms. The first-order chi connectivity index (χ1) is 13.0. The van der Waals surface area contributed by atoms with E-state index in [9.17, 15) is 4.39 Å². The SMILES string of the molecule is CN=C(NCc1ccc(F)c(CN(C)C)c1)NCC1Cc2ccccc2O1.I. The second kappa shape index (κ2) is 10.6. The molecule has 7 heteroatoms. The molecule has 1 aliphatic heterocycles. The van der Waals surface area contributed by atoms with Crippen LogP contribution in [-0.2, 0) is 19.5 Å². The highest BCUT2D eigenvalue weighted by Gasteiger charge is 2.22. The number of fused-ring (bicyclic) bond motifs is 1. The van der Waals surface area contributed by atoms with E-state index in [0.29, 0.717) is 31.2 Å². The van der Waals surface area contributed by atoms with E-state index in [2.05, 4.69) is 21.7 Å². The molecule has 0 aliphatic carbocycles. The van der Waals surface area contributed by atoms with E-state index in [0.717, 1.165) is 17.7 Å². The largest absolute Gasteiger partial charge is 0.488 e. The minimum atomic E-state index is -0.173. The quantitative estimate of drug-likeness (QED) is 0.365. The van der Waals surface area contributed by atoms with Crippen molar-refractivity contribution in [3.8, 4) is 5.75 Å². The molecule has 0 amide bonds. The zero-order valence-corrected chi connectivity index (χ0v) is 18.9. The van der Waals surface area contributed by atoms with Crippen LogP contribution in [0.5, 0.6) is 5.75 Å². The summed E-state index contributed by atoms with van der Waals surface area (Å²) in [5.74, 6) is 1.49. The summed E-state index contributed by atoms with van der Waals surface area (Å²) >= 11 is 0. The Morgan fingerprint density at radius 3 is 2.71 bits per heavy atom. The van der Waals surface area contributed by atoms with Gasteiger partial charge in [-0.15, -0.1) is 24.0 Å². The number of halogens is 2. The van der Waals surface area contributed by atoms with Crippen molar-refractivity contribution in [2.45, 2.75) is 25.6 Å². The number of hydrogen-bond acceptors (Lipinski definition) is 3. The summed E-state index contributed by atoms with van der Waals surface area (Å²) in [7, 11) is 5.60. The Balaban J connectivity index is 0.00000280. The van der Waals surface area contributed by atoms with Gasteiger partial charge >= 0.3 is 0 Å². The summed E-state index contributed by atoms with van der Waals surface area (Å²) in [4.78, 5) is 6.21. The van der Waals surface area contributed by atoms with Crippen molar-refractivity contribution in [2.24, 2.45) is 4.99 Å². The fraction of sp³-hybridized carbons (Fsp3) is 0.381. The van der Waals surface area contributed by atoms with Gasteiger partial charge in [-0.3, -0.25) is 4.99 Å². The molecule has 5 nitrogen and oxygen atoms in total. The number of nitrogens with one attached hydrogen (secondary N) is 2. The number of benzene rings is 2. The molecule has 2 N–H and O–H groups in total.